The van der Waals surface area contributed by atoms with E-state index in [2.05, 4.69) is 0 Å². The van der Waals surface area contributed by atoms with Crippen LogP contribution in [-0.4, -0.2) is 28.1 Å². The molecule has 1 fully saturated rings. The molecule has 0 spiro atoms. The van der Waals surface area contributed by atoms with Crippen LogP contribution in [0, 0.1) is 5.92 Å². The summed E-state index contributed by atoms with van der Waals surface area (Å²) in [6.07, 6.45) is 3.91. The number of hydroxylamine groups is 1. The Morgan fingerprint density at radius 1 is 1.18 bits per heavy atom. The first-order valence-corrected chi connectivity index (χ1v) is 5.41. The van der Waals surface area contributed by atoms with Gasteiger partial charge in [0.2, 0.25) is 11.8 Å². The summed E-state index contributed by atoms with van der Waals surface area (Å²) >= 11 is 0. The summed E-state index contributed by atoms with van der Waals surface area (Å²) in [5.74, 6) is -1.79. The number of nitrogens with one attached hydrogen (secondary N) is 1. The molecule has 0 bridgehead atoms. The number of carboxylic acid groups (broad SMARTS) is 1. The molecule has 5 N–H and O–H groups in total. The Kier molecular flexibility index (Phi) is 7.70. The van der Waals surface area contributed by atoms with Gasteiger partial charge in [0.15, 0.2) is 0 Å². The lowest BCUT2D eigenvalue weighted by Gasteiger charge is -1.97. The largest absolute Gasteiger partial charge is 0.481 e. The molecule has 0 aromatic carbocycles. The molecule has 0 aliphatic heterocycles. The van der Waals surface area contributed by atoms with E-state index in [1.807, 2.05) is 0 Å². The summed E-state index contributed by atoms with van der Waals surface area (Å²) in [7, 11) is 0. The topological polar surface area (TPSA) is 130 Å². The second kappa shape index (κ2) is 8.51. The number of primary amides is 1. The van der Waals surface area contributed by atoms with E-state index in [4.69, 9.17) is 16.0 Å². The molecule has 1 saturated carbocycles. The second-order valence-corrected chi connectivity index (χ2v) is 3.82. The molecular formula is C10H18N2O5. The van der Waals surface area contributed by atoms with Crippen LogP contribution >= 0.6 is 0 Å². The number of hydrogen-bond donors (Lipinski definition) is 4. The molecule has 0 atom stereocenters. The van der Waals surface area contributed by atoms with E-state index >= 15 is 0 Å². The zero-order valence-corrected chi connectivity index (χ0v) is 9.52. The number of carbonyl (C=O) groups excluding carboxylic acids is 2. The Morgan fingerprint density at radius 2 is 1.71 bits per heavy atom. The molecule has 0 saturated heterocycles. The molecule has 7 heteroatoms. The molecule has 0 heterocycles. The number of nitrogens with two attached hydrogens (primary N) is 1. The predicted octanol–water partition coefficient (Wildman–Crippen LogP) is 0.0185. The first-order chi connectivity index (χ1) is 7.97. The van der Waals surface area contributed by atoms with Crippen molar-refractivity contribution in [2.75, 3.05) is 0 Å². The van der Waals surface area contributed by atoms with Gasteiger partial charge < -0.3 is 10.8 Å². The first kappa shape index (κ1) is 15.4. The van der Waals surface area contributed by atoms with Crippen LogP contribution in [0.25, 0.3) is 0 Å². The zero-order valence-electron chi connectivity index (χ0n) is 9.52. The number of rotatable bonds is 4. The van der Waals surface area contributed by atoms with Crippen LogP contribution in [0.15, 0.2) is 0 Å². The fourth-order valence-electron chi connectivity index (χ4n) is 1.47. The monoisotopic (exact) mass is 246 g/mol. The maximum absolute atomic E-state index is 10.2. The van der Waals surface area contributed by atoms with Gasteiger partial charge in [-0.15, -0.1) is 0 Å². The summed E-state index contributed by atoms with van der Waals surface area (Å²) in [5.41, 5.74) is 6.07. The van der Waals surface area contributed by atoms with E-state index in [1.54, 1.807) is 0 Å². The highest BCUT2D eigenvalue weighted by Gasteiger charge is 2.20. The molecule has 1 rings (SSSR count). The summed E-state index contributed by atoms with van der Waals surface area (Å²) in [6.45, 7) is 0. The third kappa shape index (κ3) is 8.21. The van der Waals surface area contributed by atoms with Gasteiger partial charge in [-0.2, -0.15) is 0 Å². The number of carbonyl (C=O) groups is 3. The van der Waals surface area contributed by atoms with Crippen molar-refractivity contribution in [1.82, 2.24) is 5.48 Å². The van der Waals surface area contributed by atoms with Crippen molar-refractivity contribution in [2.24, 2.45) is 11.7 Å². The summed E-state index contributed by atoms with van der Waals surface area (Å²) in [4.78, 5) is 30.3. The van der Waals surface area contributed by atoms with E-state index in [0.29, 0.717) is 0 Å². The van der Waals surface area contributed by atoms with E-state index in [-0.39, 0.29) is 18.8 Å². The van der Waals surface area contributed by atoms with Crippen LogP contribution in [0.4, 0.5) is 0 Å². The summed E-state index contributed by atoms with van der Waals surface area (Å²) < 4.78 is 0. The smallest absolute Gasteiger partial charge is 0.306 e. The predicted molar refractivity (Wildman–Crippen MR) is 58.0 cm³/mol. The Morgan fingerprint density at radius 3 is 2.00 bits per heavy atom. The number of amides is 2. The minimum atomic E-state index is -0.609. The molecule has 1 aliphatic carbocycles. The van der Waals surface area contributed by atoms with Gasteiger partial charge in [-0.05, 0) is 12.8 Å². The zero-order chi connectivity index (χ0) is 13.3. The van der Waals surface area contributed by atoms with Crippen molar-refractivity contribution in [3.8, 4) is 0 Å². The van der Waals surface area contributed by atoms with E-state index in [1.165, 1.54) is 5.48 Å². The van der Waals surface area contributed by atoms with Crippen molar-refractivity contribution in [3.05, 3.63) is 0 Å². The van der Waals surface area contributed by atoms with Crippen molar-refractivity contribution < 1.29 is 24.7 Å². The molecule has 1 aliphatic rings. The molecular weight excluding hydrogens is 228 g/mol. The van der Waals surface area contributed by atoms with Gasteiger partial charge in [0.05, 0.1) is 5.92 Å². The fourth-order valence-corrected chi connectivity index (χ4v) is 1.47. The van der Waals surface area contributed by atoms with Gasteiger partial charge in [0, 0.05) is 12.8 Å². The Bertz CT molecular complexity index is 274. The van der Waals surface area contributed by atoms with Gasteiger partial charge in [0.25, 0.3) is 0 Å². The van der Waals surface area contributed by atoms with E-state index in [9.17, 15) is 14.4 Å². The van der Waals surface area contributed by atoms with Crippen molar-refractivity contribution >= 4 is 17.8 Å². The minimum absolute atomic E-state index is 0.0185. The van der Waals surface area contributed by atoms with Crippen molar-refractivity contribution in [3.63, 3.8) is 0 Å². The summed E-state index contributed by atoms with van der Waals surface area (Å²) in [5, 5.41) is 16.3. The SMILES string of the molecule is NC(=O)CCC(=O)NO.O=C(O)C1CCCC1. The molecule has 98 valence electrons. The number of aliphatic carboxylic acids is 1. The second-order valence-electron chi connectivity index (χ2n) is 3.82. The van der Waals surface area contributed by atoms with Gasteiger partial charge >= 0.3 is 5.97 Å². The van der Waals surface area contributed by atoms with E-state index < -0.39 is 17.8 Å². The van der Waals surface area contributed by atoms with Crippen LogP contribution in [0.5, 0.6) is 0 Å². The highest BCUT2D eigenvalue weighted by atomic mass is 16.5. The lowest BCUT2D eigenvalue weighted by atomic mass is 10.1. The van der Waals surface area contributed by atoms with Crippen LogP contribution in [0.2, 0.25) is 0 Å². The Balaban J connectivity index is 0.000000302. The average Bonchev–Trinajstić information content (AvgIpc) is 2.80. The molecule has 0 aromatic rings. The highest BCUT2D eigenvalue weighted by molar-refractivity contribution is 5.82. The van der Waals surface area contributed by atoms with Gasteiger partial charge in [-0.1, -0.05) is 12.8 Å². The van der Waals surface area contributed by atoms with Crippen LogP contribution < -0.4 is 11.2 Å². The standard InChI is InChI=1S/C6H10O2.C4H8N2O3/c7-6(8)5-3-1-2-4-5;5-3(7)1-2-4(8)6-9/h5H,1-4H2,(H,7,8);9H,1-2H2,(H2,5,7)(H,6,8). The number of carboxylic acids is 1. The minimum Gasteiger partial charge on any atom is -0.481 e. The quantitative estimate of drug-likeness (QED) is 0.410. The lowest BCUT2D eigenvalue weighted by Crippen LogP contribution is -2.21. The van der Waals surface area contributed by atoms with Crippen molar-refractivity contribution in [1.29, 1.82) is 0 Å². The highest BCUT2D eigenvalue weighted by Crippen LogP contribution is 2.24. The Labute approximate surface area is 98.9 Å². The normalized spacial score (nSPS) is 14.6. The fraction of sp³-hybridized carbons (Fsp3) is 0.700. The lowest BCUT2D eigenvalue weighted by molar-refractivity contribution is -0.141. The van der Waals surface area contributed by atoms with Crippen LogP contribution in [-0.2, 0) is 14.4 Å². The van der Waals surface area contributed by atoms with Gasteiger partial charge in [-0.3, -0.25) is 19.6 Å². The average molecular weight is 246 g/mol. The molecule has 0 radical (unpaired) electrons. The van der Waals surface area contributed by atoms with Crippen molar-refractivity contribution in [2.45, 2.75) is 38.5 Å². The van der Waals surface area contributed by atoms with Gasteiger partial charge in [-0.25, -0.2) is 5.48 Å². The van der Waals surface area contributed by atoms with Gasteiger partial charge in [0.1, 0.15) is 0 Å². The Hall–Kier alpha value is -1.63. The molecule has 17 heavy (non-hydrogen) atoms. The molecule has 7 nitrogen and oxygen atoms in total. The molecule has 2 amide bonds. The maximum atomic E-state index is 10.2. The number of hydrogen-bond acceptors (Lipinski definition) is 4. The third-order valence-electron chi connectivity index (χ3n) is 2.43. The van der Waals surface area contributed by atoms with Crippen LogP contribution in [0.1, 0.15) is 38.5 Å². The summed E-state index contributed by atoms with van der Waals surface area (Å²) in [6, 6.07) is 0. The maximum Gasteiger partial charge on any atom is 0.306 e. The van der Waals surface area contributed by atoms with E-state index in [0.717, 1.165) is 25.7 Å². The molecule has 0 aromatic heterocycles. The third-order valence-corrected chi connectivity index (χ3v) is 2.43. The molecule has 0 unspecified atom stereocenters. The first-order valence-electron chi connectivity index (χ1n) is 5.41. The van der Waals surface area contributed by atoms with Crippen LogP contribution in [0.3, 0.4) is 0 Å².